The lowest BCUT2D eigenvalue weighted by molar-refractivity contribution is 0.183. The monoisotopic (exact) mass is 266 g/mol. The van der Waals surface area contributed by atoms with Crippen LogP contribution >= 0.6 is 0 Å². The molecule has 0 aromatic heterocycles. The predicted octanol–water partition coefficient (Wildman–Crippen LogP) is 3.93. The molecule has 1 saturated carbocycles. The minimum absolute atomic E-state index is 0.194. The van der Waals surface area contributed by atoms with Gasteiger partial charge in [0.2, 0.25) is 0 Å². The number of likely N-dealkylation sites (tertiary alicyclic amines) is 1. The summed E-state index contributed by atoms with van der Waals surface area (Å²) in [7, 11) is 0. The fraction of sp³-hybridized carbons (Fsp3) is 0.938. The van der Waals surface area contributed by atoms with Gasteiger partial charge in [0.25, 0.3) is 0 Å². The van der Waals surface area contributed by atoms with Gasteiger partial charge in [-0.15, -0.1) is 0 Å². The highest BCUT2D eigenvalue weighted by molar-refractivity contribution is 5.74. The Labute approximate surface area is 118 Å². The molecule has 1 unspecified atom stereocenters. The summed E-state index contributed by atoms with van der Waals surface area (Å²) < 4.78 is 0. The van der Waals surface area contributed by atoms with E-state index in [0.717, 1.165) is 25.4 Å². The molecular formula is C16H30N2O. The average Bonchev–Trinajstić information content (AvgIpc) is 2.74. The fourth-order valence-corrected chi connectivity index (χ4v) is 3.61. The first kappa shape index (κ1) is 14.7. The number of hydrogen-bond donors (Lipinski definition) is 1. The van der Waals surface area contributed by atoms with E-state index >= 15 is 0 Å². The summed E-state index contributed by atoms with van der Waals surface area (Å²) in [6.45, 7) is 4.11. The third-order valence-electron chi connectivity index (χ3n) is 4.86. The Kier molecular flexibility index (Phi) is 5.99. The number of nitrogens with one attached hydrogen (secondary N) is 1. The van der Waals surface area contributed by atoms with E-state index in [1.54, 1.807) is 0 Å². The van der Waals surface area contributed by atoms with Crippen LogP contribution in [0.4, 0.5) is 4.79 Å². The summed E-state index contributed by atoms with van der Waals surface area (Å²) in [5.74, 6) is 0.717. The molecule has 1 N–H and O–H groups in total. The molecular weight excluding hydrogens is 236 g/mol. The van der Waals surface area contributed by atoms with E-state index in [4.69, 9.17) is 0 Å². The van der Waals surface area contributed by atoms with Crippen molar-refractivity contribution in [3.63, 3.8) is 0 Å². The Morgan fingerprint density at radius 2 is 1.63 bits per heavy atom. The minimum atomic E-state index is 0.194. The molecule has 1 atom stereocenters. The molecule has 2 rings (SSSR count). The minimum Gasteiger partial charge on any atom is -0.335 e. The van der Waals surface area contributed by atoms with E-state index in [9.17, 15) is 4.79 Å². The number of hydrogen-bond acceptors (Lipinski definition) is 1. The standard InChI is InChI=1S/C16H30N2O/c1-2-15(14-10-6-5-7-11-14)17-16(19)18-12-8-3-4-9-13-18/h14-15H,2-13H2,1H3,(H,17,19). The Morgan fingerprint density at radius 1 is 1.05 bits per heavy atom. The van der Waals surface area contributed by atoms with Gasteiger partial charge in [-0.2, -0.15) is 0 Å². The molecule has 2 aliphatic rings. The maximum Gasteiger partial charge on any atom is 0.317 e. The number of amides is 2. The summed E-state index contributed by atoms with van der Waals surface area (Å²) >= 11 is 0. The van der Waals surface area contributed by atoms with E-state index in [0.29, 0.717) is 6.04 Å². The quantitative estimate of drug-likeness (QED) is 0.824. The maximum absolute atomic E-state index is 12.4. The number of nitrogens with zero attached hydrogens (tertiary/aromatic N) is 1. The van der Waals surface area contributed by atoms with E-state index in [1.165, 1.54) is 57.8 Å². The molecule has 3 heteroatoms. The predicted molar refractivity (Wildman–Crippen MR) is 79.2 cm³/mol. The number of carbonyl (C=O) groups excluding carboxylic acids is 1. The van der Waals surface area contributed by atoms with Crippen molar-refractivity contribution in [3.05, 3.63) is 0 Å². The highest BCUT2D eigenvalue weighted by Gasteiger charge is 2.25. The molecule has 3 nitrogen and oxygen atoms in total. The first-order chi connectivity index (χ1) is 9.31. The second-order valence-electron chi connectivity index (χ2n) is 6.26. The second-order valence-corrected chi connectivity index (χ2v) is 6.26. The van der Waals surface area contributed by atoms with Crippen molar-refractivity contribution in [3.8, 4) is 0 Å². The molecule has 1 aliphatic carbocycles. The van der Waals surface area contributed by atoms with E-state index < -0.39 is 0 Å². The number of carbonyl (C=O) groups is 1. The molecule has 110 valence electrons. The van der Waals surface area contributed by atoms with E-state index in [-0.39, 0.29) is 6.03 Å². The average molecular weight is 266 g/mol. The largest absolute Gasteiger partial charge is 0.335 e. The van der Waals surface area contributed by atoms with Gasteiger partial charge < -0.3 is 10.2 Å². The summed E-state index contributed by atoms with van der Waals surface area (Å²) in [4.78, 5) is 14.4. The Bertz CT molecular complexity index is 266. The van der Waals surface area contributed by atoms with Crippen LogP contribution in [0, 0.1) is 5.92 Å². The van der Waals surface area contributed by atoms with Gasteiger partial charge in [0.15, 0.2) is 0 Å². The topological polar surface area (TPSA) is 32.3 Å². The van der Waals surface area contributed by atoms with Gasteiger partial charge >= 0.3 is 6.03 Å². The van der Waals surface area contributed by atoms with Gasteiger partial charge in [-0.3, -0.25) is 0 Å². The van der Waals surface area contributed by atoms with Crippen molar-refractivity contribution in [2.45, 2.75) is 77.2 Å². The highest BCUT2D eigenvalue weighted by atomic mass is 16.2. The SMILES string of the molecule is CCC(NC(=O)N1CCCCCC1)C1CCCCC1. The molecule has 1 heterocycles. The molecule has 2 amide bonds. The van der Waals surface area contributed by atoms with Gasteiger partial charge in [-0.1, -0.05) is 39.0 Å². The van der Waals surface area contributed by atoms with Crippen LogP contribution < -0.4 is 5.32 Å². The van der Waals surface area contributed by atoms with Crippen LogP contribution in [0.1, 0.15) is 71.1 Å². The summed E-state index contributed by atoms with van der Waals surface area (Å²) in [5, 5.41) is 3.32. The molecule has 0 spiro atoms. The molecule has 0 aromatic rings. The second kappa shape index (κ2) is 7.76. The summed E-state index contributed by atoms with van der Waals surface area (Å²) in [6.07, 6.45) is 12.7. The van der Waals surface area contributed by atoms with Crippen molar-refractivity contribution in [1.82, 2.24) is 10.2 Å². The molecule has 1 saturated heterocycles. The van der Waals surface area contributed by atoms with Gasteiger partial charge in [-0.25, -0.2) is 4.79 Å². The highest BCUT2D eigenvalue weighted by Crippen LogP contribution is 2.27. The lowest BCUT2D eigenvalue weighted by Crippen LogP contribution is -2.48. The molecule has 0 aromatic carbocycles. The van der Waals surface area contributed by atoms with Crippen LogP contribution in [0.25, 0.3) is 0 Å². The van der Waals surface area contributed by atoms with Crippen molar-refractivity contribution in [2.75, 3.05) is 13.1 Å². The maximum atomic E-state index is 12.4. The van der Waals surface area contributed by atoms with E-state index in [2.05, 4.69) is 12.2 Å². The third kappa shape index (κ3) is 4.39. The molecule has 1 aliphatic heterocycles. The lowest BCUT2D eigenvalue weighted by atomic mass is 9.83. The van der Waals surface area contributed by atoms with Crippen LogP contribution in [-0.2, 0) is 0 Å². The summed E-state index contributed by atoms with van der Waals surface area (Å²) in [6, 6.07) is 0.593. The zero-order valence-electron chi connectivity index (χ0n) is 12.5. The normalized spacial score (nSPS) is 23.7. The van der Waals surface area contributed by atoms with Crippen LogP contribution in [0.2, 0.25) is 0 Å². The van der Waals surface area contributed by atoms with Crippen molar-refractivity contribution in [2.24, 2.45) is 5.92 Å². The molecule has 0 bridgehead atoms. The summed E-state index contributed by atoms with van der Waals surface area (Å²) in [5.41, 5.74) is 0. The first-order valence-corrected chi connectivity index (χ1v) is 8.36. The number of urea groups is 1. The van der Waals surface area contributed by atoms with Crippen molar-refractivity contribution in [1.29, 1.82) is 0 Å². The lowest BCUT2D eigenvalue weighted by Gasteiger charge is -2.32. The Morgan fingerprint density at radius 3 is 2.21 bits per heavy atom. The van der Waals surface area contributed by atoms with Gasteiger partial charge in [-0.05, 0) is 38.0 Å². The van der Waals surface area contributed by atoms with Crippen LogP contribution in [0.3, 0.4) is 0 Å². The van der Waals surface area contributed by atoms with Crippen LogP contribution in [-0.4, -0.2) is 30.1 Å². The first-order valence-electron chi connectivity index (χ1n) is 8.36. The third-order valence-corrected chi connectivity index (χ3v) is 4.86. The van der Waals surface area contributed by atoms with Gasteiger partial charge in [0.05, 0.1) is 0 Å². The van der Waals surface area contributed by atoms with Crippen molar-refractivity contribution < 1.29 is 4.79 Å². The van der Waals surface area contributed by atoms with Crippen LogP contribution in [0.5, 0.6) is 0 Å². The molecule has 19 heavy (non-hydrogen) atoms. The van der Waals surface area contributed by atoms with Crippen LogP contribution in [0.15, 0.2) is 0 Å². The van der Waals surface area contributed by atoms with Crippen molar-refractivity contribution >= 4 is 6.03 Å². The molecule has 0 radical (unpaired) electrons. The van der Waals surface area contributed by atoms with Gasteiger partial charge in [0.1, 0.15) is 0 Å². The molecule has 2 fully saturated rings. The smallest absolute Gasteiger partial charge is 0.317 e. The Hall–Kier alpha value is -0.730. The van der Waals surface area contributed by atoms with Gasteiger partial charge in [0, 0.05) is 19.1 Å². The zero-order valence-corrected chi connectivity index (χ0v) is 12.5. The fourth-order valence-electron chi connectivity index (χ4n) is 3.61. The zero-order chi connectivity index (χ0) is 13.5. The number of rotatable bonds is 3. The van der Waals surface area contributed by atoms with E-state index in [1.807, 2.05) is 4.90 Å². The Balaban J connectivity index is 1.83.